The van der Waals surface area contributed by atoms with E-state index in [0.29, 0.717) is 33.9 Å². The molecule has 8 rings (SSSR count). The van der Waals surface area contributed by atoms with Gasteiger partial charge in [0.25, 0.3) is 0 Å². The maximum absolute atomic E-state index is 8.35. The molecule has 1 radical (unpaired) electrons. The van der Waals surface area contributed by atoms with Crippen molar-refractivity contribution < 1.29 is 35.5 Å². The first-order valence-electron chi connectivity index (χ1n) is 20.4. The Morgan fingerprint density at radius 2 is 1.64 bits per heavy atom. The summed E-state index contributed by atoms with van der Waals surface area (Å²) in [6.45, 7) is 7.02. The van der Waals surface area contributed by atoms with Gasteiger partial charge in [-0.25, -0.2) is 4.98 Å². The summed E-state index contributed by atoms with van der Waals surface area (Å²) in [5.41, 5.74) is 5.35. The minimum atomic E-state index is -2.28. The average Bonchev–Trinajstić information content (AvgIpc) is 3.54. The minimum Gasteiger partial charge on any atom is -0.486 e. The largest absolute Gasteiger partial charge is 0.486 e. The Morgan fingerprint density at radius 1 is 0.820 bits per heavy atom. The molecule has 6 heteroatoms. The second-order valence-electron chi connectivity index (χ2n) is 13.7. The number of benzene rings is 4. The summed E-state index contributed by atoms with van der Waals surface area (Å²) in [5.74, 6) is 0.541. The smallest absolute Gasteiger partial charge is 0.216 e. The predicted octanol–water partition coefficient (Wildman–Crippen LogP) is 11.1. The van der Waals surface area contributed by atoms with E-state index in [9.17, 15) is 0 Å². The fourth-order valence-electron chi connectivity index (χ4n) is 6.21. The molecule has 0 unspecified atom stereocenters. The SMILES string of the molecule is [2H]C([2H])([2H])c1ccc2c(n1)oc1c(-c3cc(CC(C)C)c([Si](C)(C)C)cn3)[c-]ccc12.[2H]c1c([2H])c2ccccc2c2c[c-]c(-c3ccc(C([2H])([2H])[2H])cn3)cc12.[Ir]. The van der Waals surface area contributed by atoms with Gasteiger partial charge in [-0.1, -0.05) is 115 Å². The molecule has 0 aliphatic heterocycles. The van der Waals surface area contributed by atoms with E-state index in [4.69, 9.17) is 20.4 Å². The number of aryl methyl sites for hydroxylation is 2. The molecule has 0 N–H and O–H groups in total. The van der Waals surface area contributed by atoms with Crippen LogP contribution in [0.2, 0.25) is 19.6 Å². The van der Waals surface area contributed by atoms with Crippen LogP contribution < -0.4 is 5.19 Å². The number of pyridine rings is 3. The number of rotatable bonds is 5. The van der Waals surface area contributed by atoms with Gasteiger partial charge in [0.1, 0.15) is 0 Å². The third-order valence-electron chi connectivity index (χ3n) is 8.52. The Hall–Kier alpha value is -4.48. The predicted molar refractivity (Wildman–Crippen MR) is 208 cm³/mol. The quantitative estimate of drug-likeness (QED) is 0.0983. The molecule has 50 heavy (non-hydrogen) atoms. The van der Waals surface area contributed by atoms with Crippen molar-refractivity contribution >= 4 is 56.9 Å². The van der Waals surface area contributed by atoms with E-state index < -0.39 is 21.8 Å². The number of nitrogens with zero attached hydrogens (tertiary/aromatic N) is 3. The monoisotopic (exact) mass is 856 g/mol. The molecular weight excluding hydrogens is 807 g/mol. The summed E-state index contributed by atoms with van der Waals surface area (Å²) in [6.07, 6.45) is 4.37. The summed E-state index contributed by atoms with van der Waals surface area (Å²) in [7, 11) is -1.53. The molecule has 0 atom stereocenters. The zero-order chi connectivity index (χ0) is 41.0. The molecule has 4 aromatic carbocycles. The van der Waals surface area contributed by atoms with Crippen LogP contribution in [-0.4, -0.2) is 23.0 Å². The van der Waals surface area contributed by atoms with Crippen molar-refractivity contribution in [1.82, 2.24) is 15.0 Å². The van der Waals surface area contributed by atoms with Crippen molar-refractivity contribution in [2.45, 2.75) is 53.6 Å². The van der Waals surface area contributed by atoms with Gasteiger partial charge >= 0.3 is 0 Å². The van der Waals surface area contributed by atoms with Crippen LogP contribution in [0, 0.1) is 31.8 Å². The van der Waals surface area contributed by atoms with E-state index in [0.717, 1.165) is 44.6 Å². The summed E-state index contributed by atoms with van der Waals surface area (Å²) >= 11 is 0. The second-order valence-corrected chi connectivity index (χ2v) is 18.8. The number of hydrogen-bond donors (Lipinski definition) is 0. The number of hydrogen-bond acceptors (Lipinski definition) is 4. The first-order valence-corrected chi connectivity index (χ1v) is 19.9. The van der Waals surface area contributed by atoms with Crippen molar-refractivity contribution in [3.05, 3.63) is 132 Å². The zero-order valence-corrected chi connectivity index (χ0v) is 31.9. The molecule has 0 fully saturated rings. The molecule has 0 aliphatic rings. The Kier molecular flexibility index (Phi) is 7.59. The first kappa shape index (κ1) is 26.3. The van der Waals surface area contributed by atoms with E-state index in [-0.39, 0.29) is 43.4 Å². The molecule has 0 amide bonds. The van der Waals surface area contributed by atoms with Gasteiger partial charge in [0.05, 0.1) is 16.4 Å². The number of aromatic nitrogens is 3. The van der Waals surface area contributed by atoms with Crippen LogP contribution in [-0.2, 0) is 26.5 Å². The second kappa shape index (κ2) is 14.4. The summed E-state index contributed by atoms with van der Waals surface area (Å²) < 4.78 is 67.8. The standard InChI is InChI=1S/C24H27N2OSi.C20H14N.Ir/c1-15(2)12-17-13-21(25-14-22(17)28(4,5)6)20-9-7-8-18-19-11-10-16(3)26-24(19)27-23(18)20;1-14-6-11-20(21-13-14)17-9-10-19-16(12-17)8-7-15-4-2-3-5-18(15)19;/h7-8,10-11,13-15H,12H2,1-6H3;2-8,10-13H,1H3;/q2*-1;/i3D3;1D3,7D,8D;. The van der Waals surface area contributed by atoms with Gasteiger partial charge in [-0.15, -0.1) is 47.3 Å². The molecule has 0 saturated heterocycles. The van der Waals surface area contributed by atoms with Gasteiger partial charge in [0, 0.05) is 51.8 Å². The first-order chi connectivity index (χ1) is 26.8. The molecule has 253 valence electrons. The fraction of sp³-hybridized carbons (Fsp3) is 0.205. The molecule has 0 saturated carbocycles. The van der Waals surface area contributed by atoms with E-state index in [1.165, 1.54) is 23.0 Å². The van der Waals surface area contributed by atoms with Crippen molar-refractivity contribution in [2.24, 2.45) is 5.92 Å². The summed E-state index contributed by atoms with van der Waals surface area (Å²) in [5, 5.41) is 6.23. The topological polar surface area (TPSA) is 51.8 Å². The zero-order valence-electron chi connectivity index (χ0n) is 36.5. The van der Waals surface area contributed by atoms with Crippen molar-refractivity contribution in [1.29, 1.82) is 0 Å². The van der Waals surface area contributed by atoms with Crippen molar-refractivity contribution in [3.8, 4) is 22.5 Å². The molecule has 4 heterocycles. The third-order valence-corrected chi connectivity index (χ3v) is 10.6. The van der Waals surface area contributed by atoms with Gasteiger partial charge in [0.2, 0.25) is 5.71 Å². The van der Waals surface area contributed by atoms with Crippen LogP contribution in [0.1, 0.15) is 41.6 Å². The minimum absolute atomic E-state index is 0. The molecular formula is C44H41IrN3OSi-2. The molecule has 8 aromatic rings. The fourth-order valence-corrected chi connectivity index (χ4v) is 7.80. The van der Waals surface area contributed by atoms with Crippen LogP contribution in [0.4, 0.5) is 0 Å². The van der Waals surface area contributed by atoms with Crippen LogP contribution >= 0.6 is 0 Å². The van der Waals surface area contributed by atoms with Crippen molar-refractivity contribution in [2.75, 3.05) is 0 Å². The summed E-state index contributed by atoms with van der Waals surface area (Å²) in [4.78, 5) is 13.3. The van der Waals surface area contributed by atoms with Gasteiger partial charge in [-0.3, -0.25) is 0 Å². The molecule has 0 spiro atoms. The van der Waals surface area contributed by atoms with Crippen LogP contribution in [0.3, 0.4) is 0 Å². The Balaban J connectivity index is 0.000000195. The normalized spacial score (nSPS) is 14.4. The maximum Gasteiger partial charge on any atom is 0.216 e. The Morgan fingerprint density at radius 3 is 2.40 bits per heavy atom. The van der Waals surface area contributed by atoms with Crippen molar-refractivity contribution in [3.63, 3.8) is 0 Å². The average molecular weight is 856 g/mol. The van der Waals surface area contributed by atoms with Gasteiger partial charge < -0.3 is 14.4 Å². The van der Waals surface area contributed by atoms with E-state index in [1.54, 1.807) is 24.3 Å². The maximum atomic E-state index is 8.35. The van der Waals surface area contributed by atoms with Crippen LogP contribution in [0.5, 0.6) is 0 Å². The van der Waals surface area contributed by atoms with E-state index in [1.807, 2.05) is 48.7 Å². The van der Waals surface area contributed by atoms with Crippen LogP contribution in [0.15, 0.2) is 108 Å². The Labute approximate surface area is 320 Å². The van der Waals surface area contributed by atoms with Gasteiger partial charge in [0.15, 0.2) is 0 Å². The Bertz CT molecular complexity index is 2790. The third kappa shape index (κ3) is 7.20. The summed E-state index contributed by atoms with van der Waals surface area (Å²) in [6, 6.07) is 30.4. The van der Waals surface area contributed by atoms with Crippen LogP contribution in [0.25, 0.3) is 66.1 Å². The number of fused-ring (bicyclic) bond motifs is 6. The molecule has 4 nitrogen and oxygen atoms in total. The molecule has 4 aromatic heterocycles. The van der Waals surface area contributed by atoms with E-state index >= 15 is 0 Å². The molecule has 0 bridgehead atoms. The van der Waals surface area contributed by atoms with Gasteiger partial charge in [-0.05, 0) is 65.7 Å². The molecule has 0 aliphatic carbocycles. The van der Waals surface area contributed by atoms with Gasteiger partial charge in [-0.2, -0.15) is 0 Å². The van der Waals surface area contributed by atoms with E-state index in [2.05, 4.69) is 61.7 Å². The number of furan rings is 1.